The maximum Gasteiger partial charge on any atom is 0.419 e. The van der Waals surface area contributed by atoms with Crippen LogP contribution in [0, 0.1) is 3.57 Å². The lowest BCUT2D eigenvalue weighted by molar-refractivity contribution is 0.0489. The van der Waals surface area contributed by atoms with E-state index in [1.165, 1.54) is 23.6 Å². The highest BCUT2D eigenvalue weighted by atomic mass is 127. The van der Waals surface area contributed by atoms with Crippen LogP contribution in [0.1, 0.15) is 71.8 Å². The Labute approximate surface area is 242 Å². The zero-order valence-electron chi connectivity index (χ0n) is 23.1. The first-order valence-electron chi connectivity index (χ1n) is 12.2. The number of esters is 1. The van der Waals surface area contributed by atoms with Gasteiger partial charge in [0, 0.05) is 27.1 Å². The van der Waals surface area contributed by atoms with Crippen LogP contribution in [-0.4, -0.2) is 54.2 Å². The number of carbonyl (C=O) groups is 3. The second-order valence-electron chi connectivity index (χ2n) is 10.5. The number of fused-ring (bicyclic) bond motifs is 1. The minimum absolute atomic E-state index is 0.0309. The summed E-state index contributed by atoms with van der Waals surface area (Å²) in [4.78, 5) is 40.8. The number of aromatic nitrogens is 1. The molecule has 0 saturated heterocycles. The molecule has 0 atom stereocenters. The van der Waals surface area contributed by atoms with Crippen molar-refractivity contribution in [3.8, 4) is 5.75 Å². The number of carbonyl (C=O) groups excluding carboxylic acids is 3. The van der Waals surface area contributed by atoms with Crippen LogP contribution in [0.2, 0.25) is 0 Å². The Morgan fingerprint density at radius 2 is 1.71 bits per heavy atom. The summed E-state index contributed by atoms with van der Waals surface area (Å²) >= 11 is 7.87. The summed E-state index contributed by atoms with van der Waals surface area (Å²) in [6.45, 7) is 13.0. The molecule has 2 aromatic rings. The minimum Gasteiger partial charge on any atom is -0.491 e. The summed E-state index contributed by atoms with van der Waals surface area (Å²) in [7, 11) is 1.23. The molecule has 0 saturated carbocycles. The molecular formula is C27H36ClIN2O7. The molecule has 0 bridgehead atoms. The summed E-state index contributed by atoms with van der Waals surface area (Å²) in [5.74, 6) is -0.425. The van der Waals surface area contributed by atoms with Gasteiger partial charge in [-0.15, -0.1) is 0 Å². The van der Waals surface area contributed by atoms with Crippen molar-refractivity contribution in [2.45, 2.75) is 72.5 Å². The lowest BCUT2D eigenvalue weighted by Crippen LogP contribution is -2.37. The Balaban J connectivity index is 2.92. The summed E-state index contributed by atoms with van der Waals surface area (Å²) in [5.41, 5.74) is 0.520. The number of hydrogen-bond acceptors (Lipinski definition) is 7. The molecule has 0 unspecified atom stereocenters. The molecule has 38 heavy (non-hydrogen) atoms. The molecule has 0 fully saturated rings. The maximum atomic E-state index is 13.4. The summed E-state index contributed by atoms with van der Waals surface area (Å²) in [6, 6.07) is 3.20. The third-order valence-corrected chi connectivity index (χ3v) is 6.28. The van der Waals surface area contributed by atoms with Crippen molar-refractivity contribution in [1.82, 2.24) is 4.57 Å². The van der Waals surface area contributed by atoms with Crippen LogP contribution in [0.15, 0.2) is 23.7 Å². The van der Waals surface area contributed by atoms with Crippen molar-refractivity contribution in [2.24, 2.45) is 0 Å². The van der Waals surface area contributed by atoms with Crippen molar-refractivity contribution in [3.63, 3.8) is 0 Å². The van der Waals surface area contributed by atoms with Gasteiger partial charge in [0.1, 0.15) is 28.2 Å². The van der Waals surface area contributed by atoms with Gasteiger partial charge in [0.2, 0.25) is 0 Å². The van der Waals surface area contributed by atoms with E-state index in [0.717, 1.165) is 17.4 Å². The van der Waals surface area contributed by atoms with Gasteiger partial charge in [0.15, 0.2) is 0 Å². The molecule has 1 heterocycles. The Kier molecular flexibility index (Phi) is 10.9. The third-order valence-electron chi connectivity index (χ3n) is 4.97. The Morgan fingerprint density at radius 1 is 1.08 bits per heavy atom. The molecule has 2 rings (SSSR count). The van der Waals surface area contributed by atoms with Crippen LogP contribution in [-0.2, 0) is 14.2 Å². The topological polar surface area (TPSA) is 96.3 Å². The van der Waals surface area contributed by atoms with Gasteiger partial charge in [0.25, 0.3) is 0 Å². The first-order chi connectivity index (χ1) is 17.6. The van der Waals surface area contributed by atoms with E-state index in [1.54, 1.807) is 53.7 Å². The molecule has 9 nitrogen and oxygen atoms in total. The van der Waals surface area contributed by atoms with Crippen LogP contribution in [0.5, 0.6) is 5.75 Å². The van der Waals surface area contributed by atoms with Gasteiger partial charge in [0.05, 0.1) is 19.4 Å². The second kappa shape index (κ2) is 13.1. The third kappa shape index (κ3) is 8.02. The highest BCUT2D eigenvalue weighted by Crippen LogP contribution is 2.40. The number of nitrogens with zero attached hydrogens (tertiary/aromatic N) is 2. The number of rotatable bonds is 8. The van der Waals surface area contributed by atoms with Gasteiger partial charge in [-0.2, -0.15) is 0 Å². The average molecular weight is 663 g/mol. The van der Waals surface area contributed by atoms with Gasteiger partial charge in [-0.3, -0.25) is 4.90 Å². The lowest BCUT2D eigenvalue weighted by atomic mass is 10.2. The SMILES string of the molecule is CCCCOc1cc(N(C/C=C/Cl)C(=O)OC(C)(C)C)c(I)c2cc(C(=O)OC)n(C(=O)OC(C)(C)C)c12. The molecule has 0 spiro atoms. The standard InChI is InChI=1S/C27H36ClIN2O7/c1-9-10-14-36-20-16-18(30(13-11-12-28)24(33)37-26(2,3)4)21(29)17-15-19(23(32)35-8)31(22(17)20)25(34)38-27(5,6)7/h11-12,15-16H,9-10,13-14H2,1-8H3/b12-11+. The summed E-state index contributed by atoms with van der Waals surface area (Å²) in [5, 5.41) is 0.504. The van der Waals surface area contributed by atoms with E-state index in [-0.39, 0.29) is 12.2 Å². The number of unbranched alkanes of at least 4 members (excludes halogenated alkanes) is 1. The van der Waals surface area contributed by atoms with Crippen LogP contribution in [0.3, 0.4) is 0 Å². The summed E-state index contributed by atoms with van der Waals surface area (Å²) < 4.78 is 24.1. The quantitative estimate of drug-likeness (QED) is 0.125. The molecule has 0 radical (unpaired) electrons. The van der Waals surface area contributed by atoms with Gasteiger partial charge in [-0.1, -0.05) is 31.0 Å². The largest absolute Gasteiger partial charge is 0.491 e. The first kappa shape index (κ1) is 31.7. The van der Waals surface area contributed by atoms with E-state index in [4.69, 9.17) is 30.5 Å². The normalized spacial score (nSPS) is 12.1. The van der Waals surface area contributed by atoms with Crippen LogP contribution in [0.25, 0.3) is 10.9 Å². The predicted molar refractivity (Wildman–Crippen MR) is 157 cm³/mol. The van der Waals surface area contributed by atoms with Gasteiger partial charge in [-0.25, -0.2) is 19.0 Å². The number of anilines is 1. The number of hydrogen-bond donors (Lipinski definition) is 0. The molecule has 0 aliphatic heterocycles. The molecule has 0 N–H and O–H groups in total. The Bertz CT molecular complexity index is 1210. The number of amides is 1. The monoisotopic (exact) mass is 662 g/mol. The zero-order valence-corrected chi connectivity index (χ0v) is 26.1. The van der Waals surface area contributed by atoms with Gasteiger partial charge < -0.3 is 18.9 Å². The number of halogens is 2. The van der Waals surface area contributed by atoms with Crippen LogP contribution >= 0.6 is 34.2 Å². The van der Waals surface area contributed by atoms with E-state index >= 15 is 0 Å². The van der Waals surface area contributed by atoms with E-state index in [1.807, 2.05) is 6.92 Å². The number of ether oxygens (including phenoxy) is 4. The lowest BCUT2D eigenvalue weighted by Gasteiger charge is -2.28. The van der Waals surface area contributed by atoms with Crippen molar-refractivity contribution >= 4 is 68.9 Å². The fraction of sp³-hybridized carbons (Fsp3) is 0.519. The molecule has 11 heteroatoms. The van der Waals surface area contributed by atoms with Crippen molar-refractivity contribution in [3.05, 3.63) is 33.0 Å². The predicted octanol–water partition coefficient (Wildman–Crippen LogP) is 7.49. The first-order valence-corrected chi connectivity index (χ1v) is 13.7. The van der Waals surface area contributed by atoms with Crippen LogP contribution < -0.4 is 9.64 Å². The van der Waals surface area contributed by atoms with Crippen LogP contribution in [0.4, 0.5) is 15.3 Å². The van der Waals surface area contributed by atoms with Crippen molar-refractivity contribution in [2.75, 3.05) is 25.2 Å². The summed E-state index contributed by atoms with van der Waals surface area (Å²) in [6.07, 6.45) is 1.89. The van der Waals surface area contributed by atoms with Crippen molar-refractivity contribution < 1.29 is 33.3 Å². The smallest absolute Gasteiger partial charge is 0.419 e. The number of benzene rings is 1. The number of methoxy groups -OCH3 is 1. The fourth-order valence-electron chi connectivity index (χ4n) is 3.43. The zero-order chi connectivity index (χ0) is 28.8. The van der Waals surface area contributed by atoms with E-state index < -0.39 is 29.4 Å². The molecule has 1 amide bonds. The molecule has 1 aromatic carbocycles. The molecule has 1 aromatic heterocycles. The Morgan fingerprint density at radius 3 is 2.24 bits per heavy atom. The molecule has 210 valence electrons. The highest BCUT2D eigenvalue weighted by molar-refractivity contribution is 14.1. The highest BCUT2D eigenvalue weighted by Gasteiger charge is 2.32. The van der Waals surface area contributed by atoms with E-state index in [0.29, 0.717) is 32.5 Å². The second-order valence-corrected chi connectivity index (χ2v) is 11.8. The molecule has 0 aliphatic rings. The maximum absolute atomic E-state index is 13.4. The molecular weight excluding hydrogens is 627 g/mol. The van der Waals surface area contributed by atoms with Gasteiger partial charge in [-0.05, 0) is 76.6 Å². The van der Waals surface area contributed by atoms with E-state index in [2.05, 4.69) is 22.6 Å². The molecule has 0 aliphatic carbocycles. The van der Waals surface area contributed by atoms with Crippen molar-refractivity contribution in [1.29, 1.82) is 0 Å². The minimum atomic E-state index is -0.821. The fourth-order valence-corrected chi connectivity index (χ4v) is 4.37. The van der Waals surface area contributed by atoms with Gasteiger partial charge >= 0.3 is 18.2 Å². The average Bonchev–Trinajstić information content (AvgIpc) is 3.20. The Hall–Kier alpha value is -2.47. The van der Waals surface area contributed by atoms with E-state index in [9.17, 15) is 14.4 Å².